The van der Waals surface area contributed by atoms with E-state index in [1.54, 1.807) is 24.3 Å². The van der Waals surface area contributed by atoms with Gasteiger partial charge in [-0.25, -0.2) is 4.79 Å². The number of rotatable bonds is 7. The van der Waals surface area contributed by atoms with E-state index in [9.17, 15) is 9.59 Å². The molecule has 0 radical (unpaired) electrons. The minimum atomic E-state index is -1.14. The van der Waals surface area contributed by atoms with E-state index in [1.807, 2.05) is 6.92 Å². The molecule has 0 spiro atoms. The van der Waals surface area contributed by atoms with Gasteiger partial charge in [0.15, 0.2) is 0 Å². The van der Waals surface area contributed by atoms with Crippen LogP contribution in [0.15, 0.2) is 24.3 Å². The summed E-state index contributed by atoms with van der Waals surface area (Å²) in [5.41, 5.74) is 1.44. The first-order chi connectivity index (χ1) is 9.99. The Morgan fingerprint density at radius 2 is 1.57 bits per heavy atom. The Hall–Kier alpha value is -2.12. The van der Waals surface area contributed by atoms with Gasteiger partial charge in [0.1, 0.15) is 6.54 Å². The molecular formula is C14H20N2O5. The molecule has 0 bridgehead atoms. The normalized spacial score (nSPS) is 10.2. The monoisotopic (exact) mass is 296 g/mol. The standard InChI is InChI=1S/C14H20N2O5/c1-11-2-4-12(5-3-11)16(10-13(19)20)14(21)15(6-8-17)7-9-18/h2-5,17-18H,6-10H2,1H3,(H,19,20). The van der Waals surface area contributed by atoms with E-state index in [2.05, 4.69) is 0 Å². The molecular weight excluding hydrogens is 276 g/mol. The molecule has 116 valence electrons. The smallest absolute Gasteiger partial charge is 0.325 e. The van der Waals surface area contributed by atoms with E-state index in [0.717, 1.165) is 10.5 Å². The van der Waals surface area contributed by atoms with Gasteiger partial charge in [0, 0.05) is 18.8 Å². The highest BCUT2D eigenvalue weighted by Gasteiger charge is 2.23. The minimum Gasteiger partial charge on any atom is -0.480 e. The Kier molecular flexibility index (Phi) is 6.64. The van der Waals surface area contributed by atoms with Gasteiger partial charge in [0.05, 0.1) is 13.2 Å². The van der Waals surface area contributed by atoms with Crippen molar-refractivity contribution in [1.82, 2.24) is 4.90 Å². The summed E-state index contributed by atoms with van der Waals surface area (Å²) in [6.07, 6.45) is 0. The van der Waals surface area contributed by atoms with Crippen LogP contribution in [0, 0.1) is 6.92 Å². The quantitative estimate of drug-likeness (QED) is 0.671. The second-order valence-corrected chi connectivity index (χ2v) is 4.53. The lowest BCUT2D eigenvalue weighted by atomic mass is 10.2. The first kappa shape index (κ1) is 16.9. The van der Waals surface area contributed by atoms with Gasteiger partial charge >= 0.3 is 12.0 Å². The first-order valence-electron chi connectivity index (χ1n) is 6.56. The molecule has 7 heteroatoms. The summed E-state index contributed by atoms with van der Waals surface area (Å²) in [4.78, 5) is 25.7. The van der Waals surface area contributed by atoms with Gasteiger partial charge < -0.3 is 20.2 Å². The van der Waals surface area contributed by atoms with Crippen LogP contribution in [0.2, 0.25) is 0 Å². The van der Waals surface area contributed by atoms with Crippen molar-refractivity contribution in [3.05, 3.63) is 29.8 Å². The molecule has 0 aliphatic rings. The van der Waals surface area contributed by atoms with Crippen LogP contribution < -0.4 is 4.90 Å². The van der Waals surface area contributed by atoms with Crippen molar-refractivity contribution >= 4 is 17.7 Å². The van der Waals surface area contributed by atoms with Gasteiger partial charge in [0.2, 0.25) is 0 Å². The molecule has 3 N–H and O–H groups in total. The van der Waals surface area contributed by atoms with E-state index in [-0.39, 0.29) is 26.3 Å². The van der Waals surface area contributed by atoms with E-state index in [0.29, 0.717) is 5.69 Å². The Morgan fingerprint density at radius 3 is 2.00 bits per heavy atom. The zero-order valence-corrected chi connectivity index (χ0v) is 11.9. The second kappa shape index (κ2) is 8.23. The van der Waals surface area contributed by atoms with Gasteiger partial charge in [-0.2, -0.15) is 0 Å². The maximum atomic E-state index is 12.4. The number of carboxylic acid groups (broad SMARTS) is 1. The zero-order chi connectivity index (χ0) is 15.8. The molecule has 0 aliphatic carbocycles. The summed E-state index contributed by atoms with van der Waals surface area (Å²) in [7, 11) is 0. The summed E-state index contributed by atoms with van der Waals surface area (Å²) in [5, 5.41) is 26.9. The second-order valence-electron chi connectivity index (χ2n) is 4.53. The number of aliphatic carboxylic acids is 1. The minimum absolute atomic E-state index is 0.0291. The summed E-state index contributed by atoms with van der Waals surface area (Å²) in [6, 6.07) is 6.31. The molecule has 1 rings (SSSR count). The number of anilines is 1. The number of urea groups is 1. The number of carboxylic acids is 1. The highest BCUT2D eigenvalue weighted by atomic mass is 16.4. The molecule has 0 unspecified atom stereocenters. The largest absolute Gasteiger partial charge is 0.480 e. The lowest BCUT2D eigenvalue weighted by Crippen LogP contribution is -2.47. The van der Waals surface area contributed by atoms with Crippen molar-refractivity contribution in [2.45, 2.75) is 6.92 Å². The molecule has 0 aromatic heterocycles. The average Bonchev–Trinajstić information content (AvgIpc) is 2.45. The summed E-state index contributed by atoms with van der Waals surface area (Å²) >= 11 is 0. The lowest BCUT2D eigenvalue weighted by Gasteiger charge is -2.29. The van der Waals surface area contributed by atoms with E-state index >= 15 is 0 Å². The molecule has 0 aliphatic heterocycles. The fraction of sp³-hybridized carbons (Fsp3) is 0.429. The van der Waals surface area contributed by atoms with Crippen LogP contribution in [-0.4, -0.2) is 65.1 Å². The first-order valence-corrected chi connectivity index (χ1v) is 6.56. The molecule has 0 atom stereocenters. The van der Waals surface area contributed by atoms with Crippen LogP contribution in [0.25, 0.3) is 0 Å². The van der Waals surface area contributed by atoms with Crippen molar-refractivity contribution in [2.24, 2.45) is 0 Å². The molecule has 1 aromatic carbocycles. The van der Waals surface area contributed by atoms with Crippen LogP contribution in [0.5, 0.6) is 0 Å². The third-order valence-electron chi connectivity index (χ3n) is 2.88. The molecule has 0 fully saturated rings. The molecule has 0 saturated carbocycles. The van der Waals surface area contributed by atoms with Crippen LogP contribution >= 0.6 is 0 Å². The molecule has 0 saturated heterocycles. The summed E-state index contributed by atoms with van der Waals surface area (Å²) < 4.78 is 0. The average molecular weight is 296 g/mol. The fourth-order valence-electron chi connectivity index (χ4n) is 1.84. The highest BCUT2D eigenvalue weighted by molar-refractivity contribution is 5.96. The van der Waals surface area contributed by atoms with Gasteiger partial charge in [0.25, 0.3) is 0 Å². The zero-order valence-electron chi connectivity index (χ0n) is 11.9. The summed E-state index contributed by atoms with van der Waals surface area (Å²) in [6.45, 7) is 0.927. The number of amides is 2. The van der Waals surface area contributed by atoms with E-state index < -0.39 is 18.5 Å². The van der Waals surface area contributed by atoms with Crippen molar-refractivity contribution in [3.8, 4) is 0 Å². The number of aliphatic hydroxyl groups is 2. The Balaban J connectivity index is 3.02. The molecule has 21 heavy (non-hydrogen) atoms. The van der Waals surface area contributed by atoms with Crippen LogP contribution in [0.3, 0.4) is 0 Å². The van der Waals surface area contributed by atoms with Crippen molar-refractivity contribution in [2.75, 3.05) is 37.7 Å². The number of hydrogen-bond donors (Lipinski definition) is 3. The Bertz CT molecular complexity index is 469. The predicted octanol–water partition coefficient (Wildman–Crippen LogP) is 0.293. The maximum absolute atomic E-state index is 12.4. The van der Waals surface area contributed by atoms with Gasteiger partial charge in [-0.3, -0.25) is 9.69 Å². The number of aryl methyl sites for hydroxylation is 1. The third kappa shape index (κ3) is 5.05. The van der Waals surface area contributed by atoms with Gasteiger partial charge in [-0.05, 0) is 19.1 Å². The number of benzene rings is 1. The van der Waals surface area contributed by atoms with Gasteiger partial charge in [-0.15, -0.1) is 0 Å². The Labute approximate surface area is 123 Å². The molecule has 1 aromatic rings. The number of carbonyl (C=O) groups excluding carboxylic acids is 1. The molecule has 0 heterocycles. The van der Waals surface area contributed by atoms with Gasteiger partial charge in [-0.1, -0.05) is 17.7 Å². The number of aliphatic hydroxyl groups excluding tert-OH is 2. The van der Waals surface area contributed by atoms with Crippen molar-refractivity contribution < 1.29 is 24.9 Å². The van der Waals surface area contributed by atoms with Crippen LogP contribution in [0.1, 0.15) is 5.56 Å². The number of nitrogens with zero attached hydrogens (tertiary/aromatic N) is 2. The summed E-state index contributed by atoms with van der Waals surface area (Å²) in [5.74, 6) is -1.14. The topological polar surface area (TPSA) is 101 Å². The highest BCUT2D eigenvalue weighted by Crippen LogP contribution is 2.17. The third-order valence-corrected chi connectivity index (χ3v) is 2.88. The maximum Gasteiger partial charge on any atom is 0.325 e. The van der Waals surface area contributed by atoms with Crippen molar-refractivity contribution in [3.63, 3.8) is 0 Å². The number of carbonyl (C=O) groups is 2. The molecule has 7 nitrogen and oxygen atoms in total. The predicted molar refractivity (Wildman–Crippen MR) is 77.3 cm³/mol. The lowest BCUT2D eigenvalue weighted by molar-refractivity contribution is -0.135. The van der Waals surface area contributed by atoms with Crippen molar-refractivity contribution in [1.29, 1.82) is 0 Å². The molecule has 2 amide bonds. The number of hydrogen-bond acceptors (Lipinski definition) is 4. The van der Waals surface area contributed by atoms with Crippen LogP contribution in [-0.2, 0) is 4.79 Å². The van der Waals surface area contributed by atoms with Crippen LogP contribution in [0.4, 0.5) is 10.5 Å². The fourth-order valence-corrected chi connectivity index (χ4v) is 1.84. The Morgan fingerprint density at radius 1 is 1.05 bits per heavy atom. The van der Waals surface area contributed by atoms with E-state index in [4.69, 9.17) is 15.3 Å². The van der Waals surface area contributed by atoms with E-state index in [1.165, 1.54) is 4.90 Å². The SMILES string of the molecule is Cc1ccc(N(CC(=O)O)C(=O)N(CCO)CCO)cc1.